The third kappa shape index (κ3) is 2.41. The van der Waals surface area contributed by atoms with E-state index in [-0.39, 0.29) is 5.60 Å². The fourth-order valence-electron chi connectivity index (χ4n) is 3.78. The summed E-state index contributed by atoms with van der Waals surface area (Å²) in [7, 11) is 0. The zero-order valence-corrected chi connectivity index (χ0v) is 11.3. The van der Waals surface area contributed by atoms with Crippen LogP contribution in [-0.4, -0.2) is 29.5 Å². The van der Waals surface area contributed by atoms with Crippen molar-refractivity contribution >= 4 is 17.5 Å². The number of Topliss-reactive ketones (excluding diaryl/α,β-unsaturated/α-hetero) is 1. The first-order valence-electron chi connectivity index (χ1n) is 7.04. The quantitative estimate of drug-likeness (QED) is 0.719. The molecule has 1 saturated carbocycles. The Kier molecular flexibility index (Phi) is 3.49. The van der Waals surface area contributed by atoms with Crippen LogP contribution in [0.2, 0.25) is 0 Å². The summed E-state index contributed by atoms with van der Waals surface area (Å²) in [5.41, 5.74) is 0.144. The minimum atomic E-state index is 0.144. The molecule has 2 saturated heterocycles. The molecule has 17 heavy (non-hydrogen) atoms. The van der Waals surface area contributed by atoms with Crippen molar-refractivity contribution in [3.8, 4) is 0 Å². The maximum Gasteiger partial charge on any atom is 0.136 e. The van der Waals surface area contributed by atoms with E-state index in [2.05, 4.69) is 0 Å². The topological polar surface area (TPSA) is 26.3 Å². The Labute approximate surface area is 108 Å². The van der Waals surface area contributed by atoms with Crippen molar-refractivity contribution in [3.05, 3.63) is 0 Å². The van der Waals surface area contributed by atoms with Gasteiger partial charge in [-0.2, -0.15) is 11.8 Å². The van der Waals surface area contributed by atoms with Crippen LogP contribution in [0.15, 0.2) is 0 Å². The van der Waals surface area contributed by atoms with Crippen molar-refractivity contribution in [1.29, 1.82) is 0 Å². The van der Waals surface area contributed by atoms with Gasteiger partial charge in [-0.05, 0) is 43.8 Å². The van der Waals surface area contributed by atoms with Gasteiger partial charge in [0.2, 0.25) is 0 Å². The number of thioether (sulfide) groups is 1. The van der Waals surface area contributed by atoms with E-state index in [0.29, 0.717) is 17.6 Å². The minimum Gasteiger partial charge on any atom is -0.374 e. The molecule has 0 radical (unpaired) electrons. The third-order valence-electron chi connectivity index (χ3n) is 4.77. The van der Waals surface area contributed by atoms with Crippen LogP contribution in [0, 0.1) is 11.8 Å². The van der Waals surface area contributed by atoms with E-state index in [1.54, 1.807) is 0 Å². The molecule has 2 aliphatic heterocycles. The van der Waals surface area contributed by atoms with Gasteiger partial charge in [-0.25, -0.2) is 0 Å². The van der Waals surface area contributed by atoms with Gasteiger partial charge in [0.25, 0.3) is 0 Å². The number of hydrogen-bond acceptors (Lipinski definition) is 3. The third-order valence-corrected chi connectivity index (χ3v) is 5.99. The summed E-state index contributed by atoms with van der Waals surface area (Å²) < 4.78 is 6.05. The molecule has 0 aromatic heterocycles. The molecule has 3 fully saturated rings. The monoisotopic (exact) mass is 254 g/mol. The van der Waals surface area contributed by atoms with Crippen LogP contribution in [0.4, 0.5) is 0 Å². The van der Waals surface area contributed by atoms with Gasteiger partial charge < -0.3 is 4.74 Å². The Balaban J connectivity index is 1.68. The van der Waals surface area contributed by atoms with E-state index in [4.69, 9.17) is 4.74 Å². The zero-order chi connectivity index (χ0) is 11.7. The lowest BCUT2D eigenvalue weighted by molar-refractivity contribution is -0.132. The van der Waals surface area contributed by atoms with E-state index >= 15 is 0 Å². The molecule has 3 unspecified atom stereocenters. The minimum absolute atomic E-state index is 0.144. The number of ether oxygens (including phenoxy) is 1. The fraction of sp³-hybridized carbons (Fsp3) is 0.929. The second kappa shape index (κ2) is 4.93. The van der Waals surface area contributed by atoms with Crippen LogP contribution in [0.3, 0.4) is 0 Å². The molecule has 1 spiro atoms. The Morgan fingerprint density at radius 2 is 2.24 bits per heavy atom. The predicted molar refractivity (Wildman–Crippen MR) is 70.3 cm³/mol. The van der Waals surface area contributed by atoms with Crippen molar-refractivity contribution in [2.75, 3.05) is 18.1 Å². The molecular weight excluding hydrogens is 232 g/mol. The fourth-order valence-corrected chi connectivity index (χ4v) is 5.16. The number of rotatable bonds is 1. The van der Waals surface area contributed by atoms with Crippen molar-refractivity contribution < 1.29 is 9.53 Å². The van der Waals surface area contributed by atoms with Crippen molar-refractivity contribution in [2.45, 2.75) is 50.5 Å². The van der Waals surface area contributed by atoms with E-state index in [1.165, 1.54) is 18.6 Å². The predicted octanol–water partition coefficient (Wildman–Crippen LogP) is 3.05. The summed E-state index contributed by atoms with van der Waals surface area (Å²) in [4.78, 5) is 12.1. The summed E-state index contributed by atoms with van der Waals surface area (Å²) in [6.07, 6.45) is 7.83. The highest BCUT2D eigenvalue weighted by molar-refractivity contribution is 7.99. The van der Waals surface area contributed by atoms with Crippen LogP contribution in [0.25, 0.3) is 0 Å². The second-order valence-electron chi connectivity index (χ2n) is 5.91. The second-order valence-corrected chi connectivity index (χ2v) is 7.01. The molecule has 3 aliphatic rings. The average molecular weight is 254 g/mol. The van der Waals surface area contributed by atoms with Crippen molar-refractivity contribution in [3.63, 3.8) is 0 Å². The summed E-state index contributed by atoms with van der Waals surface area (Å²) >= 11 is 2.02. The van der Waals surface area contributed by atoms with Crippen molar-refractivity contribution in [2.24, 2.45) is 11.8 Å². The smallest absolute Gasteiger partial charge is 0.136 e. The summed E-state index contributed by atoms with van der Waals surface area (Å²) in [5.74, 6) is 3.93. The Bertz CT molecular complexity index is 297. The highest BCUT2D eigenvalue weighted by Gasteiger charge is 2.43. The van der Waals surface area contributed by atoms with Gasteiger partial charge in [-0.15, -0.1) is 0 Å². The highest BCUT2D eigenvalue weighted by atomic mass is 32.2. The summed E-state index contributed by atoms with van der Waals surface area (Å²) in [5, 5.41) is 0. The van der Waals surface area contributed by atoms with Crippen LogP contribution in [0.5, 0.6) is 0 Å². The van der Waals surface area contributed by atoms with Gasteiger partial charge >= 0.3 is 0 Å². The molecule has 0 N–H and O–H groups in total. The molecule has 2 heterocycles. The van der Waals surface area contributed by atoms with Crippen molar-refractivity contribution in [1.82, 2.24) is 0 Å². The maximum atomic E-state index is 12.1. The molecule has 96 valence electrons. The van der Waals surface area contributed by atoms with E-state index < -0.39 is 0 Å². The average Bonchev–Trinajstić information content (AvgIpc) is 2.78. The van der Waals surface area contributed by atoms with Gasteiger partial charge in [-0.1, -0.05) is 6.42 Å². The van der Waals surface area contributed by atoms with Gasteiger partial charge in [-0.3, -0.25) is 4.79 Å². The molecule has 0 aromatic carbocycles. The standard InChI is InChI=1S/C14H22O2S/c15-13-4-2-1-3-12(13)11-5-7-16-14(9-11)6-8-17-10-14/h11-12H,1-10H2. The Hall–Kier alpha value is -0.0200. The van der Waals surface area contributed by atoms with Gasteiger partial charge in [0, 0.05) is 24.7 Å². The number of carbonyl (C=O) groups excluding carboxylic acids is 1. The molecule has 3 atom stereocenters. The first-order chi connectivity index (χ1) is 8.29. The molecule has 0 aromatic rings. The first-order valence-corrected chi connectivity index (χ1v) is 8.19. The van der Waals surface area contributed by atoms with E-state index in [1.807, 2.05) is 11.8 Å². The van der Waals surface area contributed by atoms with Crippen LogP contribution >= 0.6 is 11.8 Å². The number of ketones is 1. The molecule has 0 bridgehead atoms. The zero-order valence-electron chi connectivity index (χ0n) is 10.5. The maximum absolute atomic E-state index is 12.1. The SMILES string of the molecule is O=C1CCCCC1C1CCOC2(CCSC2)C1. The lowest BCUT2D eigenvalue weighted by atomic mass is 9.72. The largest absolute Gasteiger partial charge is 0.374 e. The van der Waals surface area contributed by atoms with Gasteiger partial charge in [0.15, 0.2) is 0 Å². The number of carbonyl (C=O) groups is 1. The van der Waals surface area contributed by atoms with Gasteiger partial charge in [0.1, 0.15) is 5.78 Å². The molecular formula is C14H22O2S. The first kappa shape index (κ1) is 12.0. The lowest BCUT2D eigenvalue weighted by Crippen LogP contribution is -2.43. The van der Waals surface area contributed by atoms with E-state index in [9.17, 15) is 4.79 Å². The van der Waals surface area contributed by atoms with E-state index in [0.717, 1.165) is 44.5 Å². The highest BCUT2D eigenvalue weighted by Crippen LogP contribution is 2.44. The Morgan fingerprint density at radius 3 is 3.00 bits per heavy atom. The van der Waals surface area contributed by atoms with Crippen LogP contribution < -0.4 is 0 Å². The summed E-state index contributed by atoms with van der Waals surface area (Å²) in [6.45, 7) is 0.884. The van der Waals surface area contributed by atoms with Crippen LogP contribution in [-0.2, 0) is 9.53 Å². The summed E-state index contributed by atoms with van der Waals surface area (Å²) in [6, 6.07) is 0. The Morgan fingerprint density at radius 1 is 1.29 bits per heavy atom. The molecule has 2 nitrogen and oxygen atoms in total. The number of hydrogen-bond donors (Lipinski definition) is 0. The molecule has 3 heteroatoms. The molecule has 3 rings (SSSR count). The lowest BCUT2D eigenvalue weighted by Gasteiger charge is -2.41. The molecule has 1 aliphatic carbocycles. The van der Waals surface area contributed by atoms with Gasteiger partial charge in [0.05, 0.1) is 5.60 Å². The normalized spacial score (nSPS) is 43.2. The van der Waals surface area contributed by atoms with Crippen LogP contribution in [0.1, 0.15) is 44.9 Å². The molecule has 0 amide bonds.